The first-order valence-electron chi connectivity index (χ1n) is 4.99. The second kappa shape index (κ2) is 3.61. The molecule has 0 radical (unpaired) electrons. The number of carboxylic acids is 1. The fourth-order valence-corrected chi connectivity index (χ4v) is 2.34. The van der Waals surface area contributed by atoms with Gasteiger partial charge in [-0.2, -0.15) is 0 Å². The van der Waals surface area contributed by atoms with Gasteiger partial charge in [0, 0.05) is 18.4 Å². The van der Waals surface area contributed by atoms with Gasteiger partial charge in [0.2, 0.25) is 0 Å². The zero-order chi connectivity index (χ0) is 10.1. The van der Waals surface area contributed by atoms with E-state index in [2.05, 4.69) is 5.32 Å². The second-order valence-corrected chi connectivity index (χ2v) is 3.98. The summed E-state index contributed by atoms with van der Waals surface area (Å²) in [6, 6.07) is 0. The number of carboxylic acid groups (broad SMARTS) is 1. The molecule has 0 aliphatic carbocycles. The Morgan fingerprint density at radius 1 is 1.71 bits per heavy atom. The van der Waals surface area contributed by atoms with E-state index in [1.807, 2.05) is 6.92 Å². The standard InChI is InChI=1S/C10H15NO3/c1-6-8-4-11-3-2-7(8)9(5-14-6)10(12)13/h5-8,11H,2-4H2,1H3,(H,12,13). The summed E-state index contributed by atoms with van der Waals surface area (Å²) in [7, 11) is 0. The molecule has 1 saturated heterocycles. The zero-order valence-corrected chi connectivity index (χ0v) is 8.19. The first kappa shape index (κ1) is 9.52. The Hall–Kier alpha value is -1.03. The minimum Gasteiger partial charge on any atom is -0.497 e. The highest BCUT2D eigenvalue weighted by molar-refractivity contribution is 5.87. The summed E-state index contributed by atoms with van der Waals surface area (Å²) >= 11 is 0. The van der Waals surface area contributed by atoms with Crippen molar-refractivity contribution in [3.63, 3.8) is 0 Å². The summed E-state index contributed by atoms with van der Waals surface area (Å²) in [5, 5.41) is 12.3. The Morgan fingerprint density at radius 3 is 3.21 bits per heavy atom. The molecule has 78 valence electrons. The molecule has 0 spiro atoms. The maximum absolute atomic E-state index is 10.9. The monoisotopic (exact) mass is 197 g/mol. The van der Waals surface area contributed by atoms with E-state index in [1.54, 1.807) is 0 Å². The lowest BCUT2D eigenvalue weighted by Gasteiger charge is -2.38. The predicted octanol–water partition coefficient (Wildman–Crippen LogP) is 0.599. The Labute approximate surface area is 82.9 Å². The van der Waals surface area contributed by atoms with Crippen LogP contribution in [0.4, 0.5) is 0 Å². The zero-order valence-electron chi connectivity index (χ0n) is 8.19. The third kappa shape index (κ3) is 1.50. The number of aliphatic carboxylic acids is 1. The molecular weight excluding hydrogens is 182 g/mol. The van der Waals surface area contributed by atoms with Gasteiger partial charge in [-0.05, 0) is 19.9 Å². The van der Waals surface area contributed by atoms with Crippen LogP contribution >= 0.6 is 0 Å². The van der Waals surface area contributed by atoms with Crippen LogP contribution in [0.2, 0.25) is 0 Å². The van der Waals surface area contributed by atoms with Crippen LogP contribution in [0.1, 0.15) is 13.3 Å². The molecule has 2 N–H and O–H groups in total. The highest BCUT2D eigenvalue weighted by Gasteiger charge is 2.38. The normalized spacial score (nSPS) is 36.6. The van der Waals surface area contributed by atoms with Crippen LogP contribution in [0.5, 0.6) is 0 Å². The largest absolute Gasteiger partial charge is 0.497 e. The molecule has 14 heavy (non-hydrogen) atoms. The van der Waals surface area contributed by atoms with Gasteiger partial charge in [0.1, 0.15) is 0 Å². The van der Waals surface area contributed by atoms with Gasteiger partial charge in [-0.3, -0.25) is 0 Å². The van der Waals surface area contributed by atoms with Gasteiger partial charge in [-0.1, -0.05) is 0 Å². The van der Waals surface area contributed by atoms with E-state index in [0.29, 0.717) is 11.5 Å². The van der Waals surface area contributed by atoms with E-state index in [9.17, 15) is 4.79 Å². The van der Waals surface area contributed by atoms with Crippen LogP contribution < -0.4 is 5.32 Å². The second-order valence-electron chi connectivity index (χ2n) is 3.98. The number of fused-ring (bicyclic) bond motifs is 1. The molecule has 0 bridgehead atoms. The number of hydrogen-bond acceptors (Lipinski definition) is 3. The number of nitrogens with one attached hydrogen (secondary N) is 1. The number of rotatable bonds is 1. The Morgan fingerprint density at radius 2 is 2.50 bits per heavy atom. The number of ether oxygens (including phenoxy) is 1. The molecule has 4 nitrogen and oxygen atoms in total. The van der Waals surface area contributed by atoms with Crippen molar-refractivity contribution in [3.8, 4) is 0 Å². The molecule has 0 aromatic heterocycles. The molecular formula is C10H15NO3. The molecule has 4 heteroatoms. The van der Waals surface area contributed by atoms with Crippen molar-refractivity contribution in [2.75, 3.05) is 13.1 Å². The summed E-state index contributed by atoms with van der Waals surface area (Å²) in [6.07, 6.45) is 2.45. The lowest BCUT2D eigenvalue weighted by Crippen LogP contribution is -2.46. The maximum atomic E-state index is 10.9. The average molecular weight is 197 g/mol. The Balaban J connectivity index is 2.23. The van der Waals surface area contributed by atoms with Crippen LogP contribution in [-0.2, 0) is 9.53 Å². The third-order valence-corrected chi connectivity index (χ3v) is 3.19. The molecule has 0 amide bonds. The maximum Gasteiger partial charge on any atom is 0.334 e. The van der Waals surface area contributed by atoms with E-state index in [0.717, 1.165) is 19.5 Å². The average Bonchev–Trinajstić information content (AvgIpc) is 2.18. The summed E-state index contributed by atoms with van der Waals surface area (Å²) in [5.41, 5.74) is 0.439. The Kier molecular flexibility index (Phi) is 2.46. The highest BCUT2D eigenvalue weighted by atomic mass is 16.5. The van der Waals surface area contributed by atoms with Crippen LogP contribution in [0, 0.1) is 11.8 Å². The number of piperidine rings is 1. The van der Waals surface area contributed by atoms with Crippen LogP contribution in [0.3, 0.4) is 0 Å². The first-order chi connectivity index (χ1) is 6.70. The van der Waals surface area contributed by atoms with Gasteiger partial charge >= 0.3 is 5.97 Å². The van der Waals surface area contributed by atoms with Gasteiger partial charge in [0.15, 0.2) is 0 Å². The molecule has 0 aromatic carbocycles. The van der Waals surface area contributed by atoms with Gasteiger partial charge in [0.05, 0.1) is 17.9 Å². The fraction of sp³-hybridized carbons (Fsp3) is 0.700. The van der Waals surface area contributed by atoms with Gasteiger partial charge in [-0.25, -0.2) is 4.79 Å². The number of carbonyl (C=O) groups is 1. The summed E-state index contributed by atoms with van der Waals surface area (Å²) < 4.78 is 5.34. The van der Waals surface area contributed by atoms with E-state index in [4.69, 9.17) is 9.84 Å². The van der Waals surface area contributed by atoms with Gasteiger partial charge in [0.25, 0.3) is 0 Å². The van der Waals surface area contributed by atoms with Crippen LogP contribution in [0.15, 0.2) is 11.8 Å². The molecule has 0 aromatic rings. The Bertz CT molecular complexity index is 275. The lowest BCUT2D eigenvalue weighted by molar-refractivity contribution is -0.134. The highest BCUT2D eigenvalue weighted by Crippen LogP contribution is 2.34. The van der Waals surface area contributed by atoms with Crippen molar-refractivity contribution < 1.29 is 14.6 Å². The van der Waals surface area contributed by atoms with Crippen molar-refractivity contribution in [1.29, 1.82) is 0 Å². The minimum absolute atomic E-state index is 0.121. The van der Waals surface area contributed by atoms with Crippen molar-refractivity contribution >= 4 is 5.97 Å². The van der Waals surface area contributed by atoms with Crippen LogP contribution in [0.25, 0.3) is 0 Å². The predicted molar refractivity (Wildman–Crippen MR) is 50.7 cm³/mol. The molecule has 3 atom stereocenters. The first-order valence-corrected chi connectivity index (χ1v) is 4.99. The lowest BCUT2D eigenvalue weighted by atomic mass is 9.77. The quantitative estimate of drug-likeness (QED) is 0.646. The molecule has 0 saturated carbocycles. The number of hydrogen-bond donors (Lipinski definition) is 2. The minimum atomic E-state index is -0.839. The topological polar surface area (TPSA) is 58.6 Å². The van der Waals surface area contributed by atoms with E-state index >= 15 is 0 Å². The van der Waals surface area contributed by atoms with E-state index in [1.165, 1.54) is 6.26 Å². The summed E-state index contributed by atoms with van der Waals surface area (Å²) in [5.74, 6) is -0.369. The molecule has 2 aliphatic rings. The summed E-state index contributed by atoms with van der Waals surface area (Å²) in [4.78, 5) is 10.9. The third-order valence-electron chi connectivity index (χ3n) is 3.19. The molecule has 2 rings (SSSR count). The molecule has 2 heterocycles. The van der Waals surface area contributed by atoms with Crippen molar-refractivity contribution in [3.05, 3.63) is 11.8 Å². The smallest absolute Gasteiger partial charge is 0.334 e. The summed E-state index contributed by atoms with van der Waals surface area (Å²) in [6.45, 7) is 3.76. The van der Waals surface area contributed by atoms with E-state index < -0.39 is 5.97 Å². The van der Waals surface area contributed by atoms with E-state index in [-0.39, 0.29) is 12.0 Å². The van der Waals surface area contributed by atoms with Crippen LogP contribution in [-0.4, -0.2) is 30.3 Å². The van der Waals surface area contributed by atoms with Gasteiger partial charge < -0.3 is 15.2 Å². The van der Waals surface area contributed by atoms with Crippen molar-refractivity contribution in [1.82, 2.24) is 5.32 Å². The van der Waals surface area contributed by atoms with Gasteiger partial charge in [-0.15, -0.1) is 0 Å². The molecule has 1 fully saturated rings. The molecule has 3 unspecified atom stereocenters. The van der Waals surface area contributed by atoms with Crippen molar-refractivity contribution in [2.24, 2.45) is 11.8 Å². The SMILES string of the molecule is CC1OC=C(C(=O)O)C2CCNCC12. The molecule has 2 aliphatic heterocycles. The van der Waals surface area contributed by atoms with Crippen molar-refractivity contribution in [2.45, 2.75) is 19.4 Å². The fourth-order valence-electron chi connectivity index (χ4n) is 2.34.